The maximum Gasteiger partial charge on any atom is 0.411 e. The van der Waals surface area contributed by atoms with Gasteiger partial charge in [-0.15, -0.1) is 0 Å². The lowest BCUT2D eigenvalue weighted by molar-refractivity contribution is -0.149. The highest BCUT2D eigenvalue weighted by atomic mass is 19.3. The van der Waals surface area contributed by atoms with Crippen molar-refractivity contribution in [2.24, 2.45) is 60.4 Å². The predicted molar refractivity (Wildman–Crippen MR) is 461 cm³/mol. The van der Waals surface area contributed by atoms with Crippen LogP contribution >= 0.6 is 0 Å². The fraction of sp³-hybridized carbons (Fsp3) is 0.495. The molecule has 6 aromatic carbocycles. The van der Waals surface area contributed by atoms with Crippen LogP contribution in [0.2, 0.25) is 0 Å². The van der Waals surface area contributed by atoms with Gasteiger partial charge in [0.05, 0.1) is 62.1 Å². The van der Waals surface area contributed by atoms with E-state index in [4.69, 9.17) is 38.9 Å². The Balaban J connectivity index is 0.000000162. The average Bonchev–Trinajstić information content (AvgIpc) is 1.58. The number of nitrogens with one attached hydrogen (secondary N) is 1. The van der Waals surface area contributed by atoms with E-state index in [1.807, 2.05) is 156 Å². The van der Waals surface area contributed by atoms with Gasteiger partial charge in [-0.2, -0.15) is 17.6 Å². The first-order valence-corrected chi connectivity index (χ1v) is 43.9. The first-order valence-electron chi connectivity index (χ1n) is 43.9. The number of likely N-dealkylation sites (tertiary alicyclic amines) is 4. The van der Waals surface area contributed by atoms with E-state index in [2.05, 4.69) is 11.4 Å². The van der Waals surface area contributed by atoms with E-state index in [1.54, 1.807) is 48.8 Å². The van der Waals surface area contributed by atoms with E-state index in [1.165, 1.54) is 14.2 Å². The quantitative estimate of drug-likeness (QED) is 0.0583. The fourth-order valence-electron chi connectivity index (χ4n) is 22.2. The van der Waals surface area contributed by atoms with Crippen LogP contribution in [0.1, 0.15) is 210 Å². The summed E-state index contributed by atoms with van der Waals surface area (Å²) in [6, 6.07) is 32.3. The minimum absolute atomic E-state index is 0.00193. The Morgan fingerprint density at radius 2 is 0.902 bits per heavy atom. The number of amides is 5. The minimum atomic E-state index is -3.24. The summed E-state index contributed by atoms with van der Waals surface area (Å²) in [7, 11) is 2.63. The molecule has 14 aliphatic rings. The van der Waals surface area contributed by atoms with Crippen LogP contribution in [0, 0.1) is 40.4 Å². The number of hydrogen-bond acceptors (Lipinski definition) is 14. The number of carbonyl (C=O) groups excluding carboxylic acids is 6. The minimum Gasteiger partial charge on any atom is -0.469 e. The molecule has 2 spiro atoms. The Bertz CT molecular complexity index is 5640. The lowest BCUT2D eigenvalue weighted by Gasteiger charge is -2.38. The zero-order chi connectivity index (χ0) is 85.5. The van der Waals surface area contributed by atoms with Crippen molar-refractivity contribution in [2.45, 2.75) is 244 Å². The van der Waals surface area contributed by atoms with E-state index in [0.29, 0.717) is 84.0 Å². The number of fused-ring (bicyclic) bond motifs is 12. The number of allylic oxidation sites excluding steroid dienone is 2. The molecule has 1 N–H and O–H groups in total. The zero-order valence-corrected chi connectivity index (χ0v) is 71.6. The first-order chi connectivity index (χ1) is 58.0. The smallest absolute Gasteiger partial charge is 0.411 e. The van der Waals surface area contributed by atoms with E-state index < -0.39 is 41.1 Å². The van der Waals surface area contributed by atoms with Crippen molar-refractivity contribution < 1.29 is 65.3 Å². The van der Waals surface area contributed by atoms with Crippen LogP contribution in [-0.4, -0.2) is 159 Å². The van der Waals surface area contributed by atoms with Gasteiger partial charge in [0.2, 0.25) is 11.8 Å². The summed E-state index contributed by atoms with van der Waals surface area (Å²) in [5, 5.41) is 2.73. The number of hydrogen-bond donors (Lipinski definition) is 1. The molecular weight excluding hydrogens is 1550 g/mol. The molecule has 4 saturated carbocycles. The van der Waals surface area contributed by atoms with E-state index in [-0.39, 0.29) is 118 Å². The molecule has 23 heteroatoms. The Kier molecular flexibility index (Phi) is 19.7. The number of esters is 1. The summed E-state index contributed by atoms with van der Waals surface area (Å²) in [6.07, 6.45) is 16.3. The first kappa shape index (κ1) is 81.1. The Hall–Kier alpha value is -10.6. The highest BCUT2D eigenvalue weighted by Crippen LogP contribution is 2.60. The Morgan fingerprint density at radius 3 is 1.34 bits per heavy atom. The van der Waals surface area contributed by atoms with Gasteiger partial charge in [0.15, 0.2) is 0 Å². The second-order valence-electron chi connectivity index (χ2n) is 39.8. The van der Waals surface area contributed by atoms with Crippen LogP contribution in [0.15, 0.2) is 142 Å². The number of alkyl halides is 4. The summed E-state index contributed by atoms with van der Waals surface area (Å²) in [4.78, 5) is 107. The van der Waals surface area contributed by atoms with E-state index >= 15 is 17.6 Å². The van der Waals surface area contributed by atoms with Crippen LogP contribution in [0.5, 0.6) is 0 Å². The third-order valence-corrected chi connectivity index (χ3v) is 28.8. The molecule has 122 heavy (non-hydrogen) atoms. The molecular formula is C99H107F4N9O10. The van der Waals surface area contributed by atoms with Crippen molar-refractivity contribution >= 4 is 81.4 Å². The van der Waals surface area contributed by atoms with Crippen molar-refractivity contribution in [1.82, 2.24) is 24.9 Å². The number of benzene rings is 6. The maximum atomic E-state index is 16.7. The SMILES string of the molecule is CC(C)(C)OC(=O)N1CC2(CC2)CC1C1=NC=C(c2ccc3c(c2)C(F)(F)c2cc(-c4ccc5c(c4)CC([C@@H]4[C@H]6CC[C@H](C6)N4C(=O)OC(C)(C)C)=N5)ccc2-3)C1.COC(=O)C[C@H](C(=O)N1[C@@H]2CC[C@@H](C2)[C@H]1C1=Nc2ccc(-c3ccc4c(c3)C(F)(F)c3cc(C5=CN=C(C6CC7(CC7)CN6C(=O)[C@@H](NC(=O)OC)C(C)C)C5)ccc3-4)cc2C1)C(C)C. The lowest BCUT2D eigenvalue weighted by Crippen LogP contribution is -2.53. The number of piperidine rings is 2. The molecule has 636 valence electrons. The number of alkyl carbamates (subject to hydrolysis) is 1. The highest BCUT2D eigenvalue weighted by Gasteiger charge is 2.59. The summed E-state index contributed by atoms with van der Waals surface area (Å²) in [5.74, 6) is -6.95. The monoisotopic (exact) mass is 1660 g/mol. The normalized spacial score (nSPS) is 25.3. The second kappa shape index (κ2) is 29.6. The predicted octanol–water partition coefficient (Wildman–Crippen LogP) is 20.1. The molecule has 0 radical (unpaired) electrons. The van der Waals surface area contributed by atoms with E-state index in [9.17, 15) is 28.8 Å². The molecule has 19 nitrogen and oxygen atoms in total. The number of nitrogens with zero attached hydrogens (tertiary/aromatic N) is 8. The van der Waals surface area contributed by atoms with Crippen molar-refractivity contribution in [2.75, 3.05) is 27.3 Å². The number of aliphatic imine (C=N–C) groups is 4. The molecule has 6 aliphatic carbocycles. The van der Waals surface area contributed by atoms with Gasteiger partial charge in [0.25, 0.3) is 11.8 Å². The third kappa shape index (κ3) is 14.3. The number of rotatable bonds is 15. The van der Waals surface area contributed by atoms with Crippen LogP contribution in [0.3, 0.4) is 0 Å². The lowest BCUT2D eigenvalue weighted by atomic mass is 9.87. The van der Waals surface area contributed by atoms with Gasteiger partial charge in [-0.05, 0) is 280 Å². The number of halogens is 4. The zero-order valence-electron chi connectivity index (χ0n) is 71.6. The molecule has 2 unspecified atom stereocenters. The van der Waals surface area contributed by atoms with Gasteiger partial charge in [-0.3, -0.25) is 44.2 Å². The molecule has 8 fully saturated rings. The van der Waals surface area contributed by atoms with Gasteiger partial charge < -0.3 is 34.1 Å². The van der Waals surface area contributed by atoms with Gasteiger partial charge in [0.1, 0.15) is 17.2 Å². The fourth-order valence-corrected chi connectivity index (χ4v) is 22.2. The number of carbonyl (C=O) groups is 6. The number of ether oxygens (including phenoxy) is 4. The average molecular weight is 1660 g/mol. The molecule has 4 saturated heterocycles. The molecule has 5 amide bonds. The van der Waals surface area contributed by atoms with Crippen LogP contribution in [0.25, 0.3) is 55.7 Å². The molecule has 0 aromatic heterocycles. The summed E-state index contributed by atoms with van der Waals surface area (Å²) in [6.45, 7) is 20.3. The number of methoxy groups -OCH3 is 2. The molecule has 10 atom stereocenters. The molecule has 20 rings (SSSR count). The van der Waals surface area contributed by atoms with Gasteiger partial charge >= 0.3 is 24.2 Å². The van der Waals surface area contributed by atoms with Crippen molar-refractivity contribution in [3.8, 4) is 44.5 Å². The van der Waals surface area contributed by atoms with Crippen molar-refractivity contribution in [3.63, 3.8) is 0 Å². The third-order valence-electron chi connectivity index (χ3n) is 28.8. The van der Waals surface area contributed by atoms with E-state index in [0.717, 1.165) is 156 Å². The molecule has 6 aromatic rings. The summed E-state index contributed by atoms with van der Waals surface area (Å²) in [5.41, 5.74) is 14.7. The van der Waals surface area contributed by atoms with Gasteiger partial charge in [-0.1, -0.05) is 88.4 Å². The molecule has 4 bridgehead atoms. The Labute approximate surface area is 710 Å². The second-order valence-corrected chi connectivity index (χ2v) is 39.8. The van der Waals surface area contributed by atoms with Crippen LogP contribution in [-0.2, 0) is 58.0 Å². The van der Waals surface area contributed by atoms with Crippen molar-refractivity contribution in [1.29, 1.82) is 0 Å². The maximum absolute atomic E-state index is 16.7. The summed E-state index contributed by atoms with van der Waals surface area (Å²) >= 11 is 0. The molecule has 8 heterocycles. The highest BCUT2D eigenvalue weighted by molar-refractivity contribution is 6.07. The molecule has 8 aliphatic heterocycles. The van der Waals surface area contributed by atoms with Crippen molar-refractivity contribution in [3.05, 3.63) is 166 Å². The van der Waals surface area contributed by atoms with Crippen LogP contribution in [0.4, 0.5) is 43.3 Å². The van der Waals surface area contributed by atoms with Gasteiger partial charge in [0, 0.05) is 108 Å². The Morgan fingerprint density at radius 1 is 0.484 bits per heavy atom. The standard InChI is InChI=1S/C52H57F2N5O6.C47H50F2N4O4/c1-27(2)38(23-45(60)64-5)48(61)59-35-11-7-32(18-35)47(59)43-21-33-17-29(10-14-41(33)56-43)30-8-12-36-37-13-9-31(20-40(37)52(53,54)39(36)19-30)34-22-42(55-25-34)44-24-51(15-16-51)26-58(44)49(62)46(28(3)4)57-50(63)65-6;1-44(2,3)56-42(54)52-25-46(15-16-46)23-40(52)38-22-31(24-50-38)28-9-13-34-33-12-8-27(19-35(33)47(48,49)36(34)20-28)26-10-14-37-30(17-26)21-39(51-37)41-29-7-11-32(18-29)53(41)43(55)57-45(4,5)6/h8-10,12-14,17,19-20,25,27-28,32,35,38,44,46-47H,7,11,15-16,18,21-24,26H2,1-6H3,(H,57,63);8-10,12-14,17,19-20,24,29,32,40-41H,7,11,15-16,18,21-23,25H2,1-6H3/t32-,35+,38-,44?,46-,47-;29-,32+,40?,41-/m00/s1. The van der Waals surface area contributed by atoms with Crippen LogP contribution < -0.4 is 5.32 Å². The summed E-state index contributed by atoms with van der Waals surface area (Å²) < 4.78 is 87.9. The largest absolute Gasteiger partial charge is 0.469 e. The topological polar surface area (TPSA) is 214 Å². The van der Waals surface area contributed by atoms with Gasteiger partial charge in [-0.25, -0.2) is 14.4 Å².